The average Bonchev–Trinajstić information content (AvgIpc) is 2.57. The van der Waals surface area contributed by atoms with E-state index >= 15 is 0 Å². The quantitative estimate of drug-likeness (QED) is 0.426. The third-order valence-corrected chi connectivity index (χ3v) is 4.51. The first kappa shape index (κ1) is 18.4. The molecule has 1 amide bonds. The number of amides is 1. The van der Waals surface area contributed by atoms with Crippen LogP contribution in [0.1, 0.15) is 18.1 Å². The Morgan fingerprint density at radius 1 is 1.08 bits per heavy atom. The summed E-state index contributed by atoms with van der Waals surface area (Å²) in [6.45, 7) is 1.28. The van der Waals surface area contributed by atoms with Crippen LogP contribution in [0.25, 0.3) is 0 Å². The van der Waals surface area contributed by atoms with Gasteiger partial charge in [-0.1, -0.05) is 42.5 Å². The fourth-order valence-electron chi connectivity index (χ4n) is 2.71. The Balaban J connectivity index is 2.75. The molecule has 2 N–H and O–H groups in total. The predicted molar refractivity (Wildman–Crippen MR) is 98.2 cm³/mol. The highest BCUT2D eigenvalue weighted by Gasteiger charge is 2.50. The third kappa shape index (κ3) is 3.44. The summed E-state index contributed by atoms with van der Waals surface area (Å²) >= 11 is 2.15. The van der Waals surface area contributed by atoms with Crippen molar-refractivity contribution < 1.29 is 19.4 Å². The predicted octanol–water partition coefficient (Wildman–Crippen LogP) is 2.20. The van der Waals surface area contributed by atoms with Gasteiger partial charge < -0.3 is 15.2 Å². The number of aliphatic hydroxyl groups is 1. The summed E-state index contributed by atoms with van der Waals surface area (Å²) in [5.41, 5.74) is -0.507. The highest BCUT2D eigenvalue weighted by Crippen LogP contribution is 2.36. The van der Waals surface area contributed by atoms with E-state index in [-0.39, 0.29) is 0 Å². The van der Waals surface area contributed by atoms with E-state index in [0.717, 1.165) is 3.57 Å². The van der Waals surface area contributed by atoms with Crippen LogP contribution in [-0.2, 0) is 19.7 Å². The monoisotopic (exact) mass is 439 g/mol. The van der Waals surface area contributed by atoms with Crippen LogP contribution in [0.3, 0.4) is 0 Å². The molecule has 0 aromatic heterocycles. The zero-order chi connectivity index (χ0) is 17.7. The summed E-state index contributed by atoms with van der Waals surface area (Å²) in [6.07, 6.45) is -1.48. The van der Waals surface area contributed by atoms with Crippen molar-refractivity contribution in [2.75, 3.05) is 7.11 Å². The fraction of sp³-hybridized carbons (Fsp3) is 0.222. The zero-order valence-electron chi connectivity index (χ0n) is 13.3. The zero-order valence-corrected chi connectivity index (χ0v) is 15.5. The Morgan fingerprint density at radius 2 is 1.62 bits per heavy atom. The van der Waals surface area contributed by atoms with Crippen molar-refractivity contribution in [3.8, 4) is 0 Å². The third-order valence-electron chi connectivity index (χ3n) is 3.79. The second kappa shape index (κ2) is 7.76. The number of benzene rings is 2. The van der Waals surface area contributed by atoms with Crippen LogP contribution in [0.2, 0.25) is 0 Å². The number of aliphatic hydroxyl groups excluding tert-OH is 1. The number of esters is 1. The Bertz CT molecular complexity index is 718. The van der Waals surface area contributed by atoms with E-state index in [4.69, 9.17) is 4.74 Å². The van der Waals surface area contributed by atoms with Crippen molar-refractivity contribution in [3.05, 3.63) is 69.3 Å². The molecule has 24 heavy (non-hydrogen) atoms. The first-order valence-corrected chi connectivity index (χ1v) is 8.36. The minimum atomic E-state index is -1.56. The number of carbonyl (C=O) groups excluding carboxylic acids is 2. The minimum absolute atomic E-state index is 0.447. The van der Waals surface area contributed by atoms with Crippen LogP contribution in [0.4, 0.5) is 0 Å². The van der Waals surface area contributed by atoms with Crippen molar-refractivity contribution in [2.24, 2.45) is 0 Å². The Kier molecular flexibility index (Phi) is 5.95. The number of hydrogen-bond acceptors (Lipinski definition) is 4. The van der Waals surface area contributed by atoms with Gasteiger partial charge in [0.25, 0.3) is 0 Å². The van der Waals surface area contributed by atoms with Crippen LogP contribution in [0.5, 0.6) is 0 Å². The molecule has 5 nitrogen and oxygen atoms in total. The minimum Gasteiger partial charge on any atom is -0.468 e. The van der Waals surface area contributed by atoms with Crippen LogP contribution >= 0.6 is 22.6 Å². The molecule has 0 aliphatic rings. The molecule has 2 unspecified atom stereocenters. The first-order valence-electron chi connectivity index (χ1n) is 7.28. The lowest BCUT2D eigenvalue weighted by Gasteiger charge is -2.36. The Morgan fingerprint density at radius 3 is 2.12 bits per heavy atom. The molecule has 6 heteroatoms. The second-order valence-corrected chi connectivity index (χ2v) is 6.52. The van der Waals surface area contributed by atoms with Gasteiger partial charge in [0, 0.05) is 10.5 Å². The van der Waals surface area contributed by atoms with E-state index in [9.17, 15) is 14.7 Å². The summed E-state index contributed by atoms with van der Waals surface area (Å²) in [4.78, 5) is 24.3. The lowest BCUT2D eigenvalue weighted by atomic mass is 9.72. The van der Waals surface area contributed by atoms with Crippen molar-refractivity contribution in [2.45, 2.75) is 18.6 Å². The summed E-state index contributed by atoms with van der Waals surface area (Å²) in [5, 5.41) is 13.2. The number of rotatable bonds is 5. The standard InChI is InChI=1S/C18H18INO4/c1-12(21)20-16(22)18(17(23)24-2,13-6-4-3-5-7-13)14-8-10-15(19)11-9-14/h3-11,16,22H,1-2H3,(H,20,21). The molecule has 0 saturated carbocycles. The largest absolute Gasteiger partial charge is 0.468 e. The number of nitrogens with one attached hydrogen (secondary N) is 1. The molecule has 126 valence electrons. The molecule has 0 bridgehead atoms. The number of halogens is 1. The molecule has 0 radical (unpaired) electrons. The number of ether oxygens (including phenoxy) is 1. The Labute approximate surface area is 154 Å². The summed E-state index contributed by atoms with van der Waals surface area (Å²) in [7, 11) is 1.26. The fourth-order valence-corrected chi connectivity index (χ4v) is 3.06. The Hall–Kier alpha value is -1.93. The normalized spacial score (nSPS) is 14.3. The lowest BCUT2D eigenvalue weighted by Crippen LogP contribution is -2.56. The van der Waals surface area contributed by atoms with Gasteiger partial charge in [-0.25, -0.2) is 0 Å². The van der Waals surface area contributed by atoms with Crippen molar-refractivity contribution in [1.29, 1.82) is 0 Å². The molecule has 2 rings (SSSR count). The molecule has 0 saturated heterocycles. The summed E-state index contributed by atoms with van der Waals surface area (Å²) in [6, 6.07) is 15.9. The summed E-state index contributed by atoms with van der Waals surface area (Å²) < 4.78 is 5.99. The van der Waals surface area contributed by atoms with Gasteiger partial charge >= 0.3 is 5.97 Å². The van der Waals surface area contributed by atoms with Gasteiger partial charge in [-0.05, 0) is 45.9 Å². The smallest absolute Gasteiger partial charge is 0.325 e. The molecule has 2 aromatic rings. The topological polar surface area (TPSA) is 75.6 Å². The molecule has 0 aliphatic carbocycles. The van der Waals surface area contributed by atoms with Crippen LogP contribution in [0.15, 0.2) is 54.6 Å². The van der Waals surface area contributed by atoms with E-state index < -0.39 is 23.5 Å². The first-order chi connectivity index (χ1) is 11.4. The van der Waals surface area contributed by atoms with E-state index in [1.165, 1.54) is 14.0 Å². The lowest BCUT2D eigenvalue weighted by molar-refractivity contribution is -0.151. The SMILES string of the molecule is COC(=O)C(c1ccccc1)(c1ccc(I)cc1)C(O)NC(C)=O. The molecular weight excluding hydrogens is 421 g/mol. The maximum atomic E-state index is 12.8. The van der Waals surface area contributed by atoms with Crippen molar-refractivity contribution in [1.82, 2.24) is 5.32 Å². The maximum absolute atomic E-state index is 12.8. The van der Waals surface area contributed by atoms with Crippen molar-refractivity contribution >= 4 is 34.5 Å². The van der Waals surface area contributed by atoms with Gasteiger partial charge in [0.15, 0.2) is 11.6 Å². The van der Waals surface area contributed by atoms with Gasteiger partial charge in [-0.2, -0.15) is 0 Å². The second-order valence-electron chi connectivity index (χ2n) is 5.28. The molecule has 0 spiro atoms. The molecule has 0 heterocycles. The van der Waals surface area contributed by atoms with E-state index in [0.29, 0.717) is 11.1 Å². The molecule has 0 aliphatic heterocycles. The highest BCUT2D eigenvalue weighted by atomic mass is 127. The van der Waals surface area contributed by atoms with Crippen LogP contribution in [0, 0.1) is 3.57 Å². The van der Waals surface area contributed by atoms with Gasteiger partial charge in [0.05, 0.1) is 7.11 Å². The number of carbonyl (C=O) groups is 2. The van der Waals surface area contributed by atoms with Crippen molar-refractivity contribution in [3.63, 3.8) is 0 Å². The molecule has 2 atom stereocenters. The van der Waals surface area contributed by atoms with Gasteiger partial charge in [0.1, 0.15) is 0 Å². The summed E-state index contributed by atoms with van der Waals surface area (Å²) in [5.74, 6) is -1.10. The maximum Gasteiger partial charge on any atom is 0.325 e. The van der Waals surface area contributed by atoms with Crippen LogP contribution in [-0.4, -0.2) is 30.3 Å². The highest BCUT2D eigenvalue weighted by molar-refractivity contribution is 14.1. The molecule has 2 aromatic carbocycles. The van der Waals surface area contributed by atoms with Crippen LogP contribution < -0.4 is 5.32 Å². The van der Waals surface area contributed by atoms with E-state index in [2.05, 4.69) is 27.9 Å². The molecule has 0 fully saturated rings. The van der Waals surface area contributed by atoms with E-state index in [1.807, 2.05) is 18.2 Å². The van der Waals surface area contributed by atoms with Gasteiger partial charge in [-0.3, -0.25) is 9.59 Å². The van der Waals surface area contributed by atoms with E-state index in [1.54, 1.807) is 36.4 Å². The van der Waals surface area contributed by atoms with Gasteiger partial charge in [-0.15, -0.1) is 0 Å². The molecular formula is C18H18INO4. The number of hydrogen-bond donors (Lipinski definition) is 2. The van der Waals surface area contributed by atoms with Gasteiger partial charge in [0.2, 0.25) is 5.91 Å². The number of methoxy groups -OCH3 is 1. The average molecular weight is 439 g/mol.